The Hall–Kier alpha value is -2.49. The Labute approximate surface area is 122 Å². The van der Waals surface area contributed by atoms with Crippen LogP contribution in [0.25, 0.3) is 22.8 Å². The molecular weight excluding hydrogens is 262 g/mol. The van der Waals surface area contributed by atoms with Gasteiger partial charge < -0.3 is 4.52 Å². The summed E-state index contributed by atoms with van der Waals surface area (Å²) in [5.74, 6) is 1.21. The minimum Gasteiger partial charge on any atom is -0.334 e. The molecule has 2 aromatic heterocycles. The first-order valence-electron chi connectivity index (χ1n) is 7.20. The number of aromatic nitrogens is 3. The minimum absolute atomic E-state index is 0.556. The van der Waals surface area contributed by atoms with Crippen molar-refractivity contribution in [1.82, 2.24) is 15.1 Å². The molecule has 4 heteroatoms. The lowest BCUT2D eigenvalue weighted by atomic mass is 10.0. The van der Waals surface area contributed by atoms with Crippen molar-refractivity contribution in [2.45, 2.75) is 26.2 Å². The molecule has 1 aromatic carbocycles. The molecule has 0 radical (unpaired) electrons. The van der Waals surface area contributed by atoms with Gasteiger partial charge in [-0.05, 0) is 49.4 Å². The van der Waals surface area contributed by atoms with Crippen molar-refractivity contribution >= 4 is 0 Å². The van der Waals surface area contributed by atoms with Gasteiger partial charge in [-0.3, -0.25) is 4.98 Å². The van der Waals surface area contributed by atoms with Crippen LogP contribution in [0.2, 0.25) is 0 Å². The maximum atomic E-state index is 5.43. The summed E-state index contributed by atoms with van der Waals surface area (Å²) in [5, 5.41) is 4.18. The quantitative estimate of drug-likeness (QED) is 0.718. The highest BCUT2D eigenvalue weighted by Gasteiger charge is 2.22. The highest BCUT2D eigenvalue weighted by atomic mass is 16.5. The van der Waals surface area contributed by atoms with Gasteiger partial charge in [0, 0.05) is 23.0 Å². The monoisotopic (exact) mass is 277 g/mol. The van der Waals surface area contributed by atoms with E-state index in [0.29, 0.717) is 11.7 Å². The second-order valence-electron chi connectivity index (χ2n) is 5.37. The lowest BCUT2D eigenvalue weighted by Crippen LogP contribution is -1.97. The summed E-state index contributed by atoms with van der Waals surface area (Å²) in [6.45, 7) is 2.01. The predicted molar refractivity (Wildman–Crippen MR) is 79.7 cm³/mol. The molecule has 104 valence electrons. The predicted octanol–water partition coefficient (Wildman–Crippen LogP) is 3.60. The average molecular weight is 277 g/mol. The van der Waals surface area contributed by atoms with Crippen LogP contribution in [0.3, 0.4) is 0 Å². The lowest BCUT2D eigenvalue weighted by Gasteiger charge is -2.07. The van der Waals surface area contributed by atoms with Crippen LogP contribution in [0.1, 0.15) is 23.2 Å². The molecule has 0 saturated heterocycles. The first kappa shape index (κ1) is 12.3. The van der Waals surface area contributed by atoms with Crippen molar-refractivity contribution in [3.05, 3.63) is 53.3 Å². The summed E-state index contributed by atoms with van der Waals surface area (Å²) in [5.41, 5.74) is 5.62. The number of aryl methyl sites for hydroxylation is 2. The van der Waals surface area contributed by atoms with E-state index in [1.54, 1.807) is 0 Å². The molecule has 3 aromatic rings. The molecule has 0 unspecified atom stereocenters. The second kappa shape index (κ2) is 4.81. The summed E-state index contributed by atoms with van der Waals surface area (Å²) < 4.78 is 5.43. The number of fused-ring (bicyclic) bond motifs is 1. The number of hydrogen-bond donors (Lipinski definition) is 0. The van der Waals surface area contributed by atoms with Crippen LogP contribution in [0.15, 0.2) is 41.1 Å². The summed E-state index contributed by atoms with van der Waals surface area (Å²) >= 11 is 0. The molecule has 1 aliphatic rings. The van der Waals surface area contributed by atoms with Crippen LogP contribution < -0.4 is 0 Å². The molecule has 4 rings (SSSR count). The van der Waals surface area contributed by atoms with Crippen molar-refractivity contribution in [1.29, 1.82) is 0 Å². The molecule has 0 atom stereocenters. The van der Waals surface area contributed by atoms with Gasteiger partial charge in [0.25, 0.3) is 5.89 Å². The first-order chi connectivity index (χ1) is 10.3. The molecule has 0 aliphatic heterocycles. The fourth-order valence-electron chi connectivity index (χ4n) is 2.97. The van der Waals surface area contributed by atoms with Gasteiger partial charge in [0.1, 0.15) is 0 Å². The highest BCUT2D eigenvalue weighted by molar-refractivity contribution is 5.67. The van der Waals surface area contributed by atoms with Crippen molar-refractivity contribution in [2.24, 2.45) is 0 Å². The fourth-order valence-corrected chi connectivity index (χ4v) is 2.97. The van der Waals surface area contributed by atoms with Gasteiger partial charge in [0.2, 0.25) is 5.82 Å². The van der Waals surface area contributed by atoms with Crippen LogP contribution in [0.4, 0.5) is 0 Å². The maximum absolute atomic E-state index is 5.43. The zero-order valence-corrected chi connectivity index (χ0v) is 11.8. The van der Waals surface area contributed by atoms with E-state index >= 15 is 0 Å². The van der Waals surface area contributed by atoms with E-state index in [1.165, 1.54) is 17.5 Å². The summed E-state index contributed by atoms with van der Waals surface area (Å²) in [6.07, 6.45) is 5.33. The standard InChI is InChI=1S/C17H15N3O/c1-11-15(14-9-5-8-13(14)10-18-11)16-19-17(21-20-16)12-6-3-2-4-7-12/h2-4,6-7,10H,5,8-9H2,1H3. The molecule has 0 amide bonds. The van der Waals surface area contributed by atoms with Gasteiger partial charge in [-0.1, -0.05) is 23.4 Å². The number of benzene rings is 1. The van der Waals surface area contributed by atoms with Crippen molar-refractivity contribution in [3.63, 3.8) is 0 Å². The number of pyridine rings is 1. The Morgan fingerprint density at radius 2 is 1.95 bits per heavy atom. The van der Waals surface area contributed by atoms with E-state index in [9.17, 15) is 0 Å². The summed E-state index contributed by atoms with van der Waals surface area (Å²) in [7, 11) is 0. The third-order valence-corrected chi connectivity index (χ3v) is 4.01. The summed E-state index contributed by atoms with van der Waals surface area (Å²) in [6, 6.07) is 9.84. The molecule has 0 N–H and O–H groups in total. The SMILES string of the molecule is Cc1ncc2c(c1-c1noc(-c3ccccc3)n1)CCC2. The first-order valence-corrected chi connectivity index (χ1v) is 7.20. The Morgan fingerprint density at radius 3 is 2.81 bits per heavy atom. The number of rotatable bonds is 2. The Bertz CT molecular complexity index is 793. The van der Waals surface area contributed by atoms with E-state index < -0.39 is 0 Å². The third kappa shape index (κ3) is 2.03. The van der Waals surface area contributed by atoms with E-state index in [-0.39, 0.29) is 0 Å². The van der Waals surface area contributed by atoms with Gasteiger partial charge in [0.15, 0.2) is 0 Å². The Kier molecular flexibility index (Phi) is 2.81. The fraction of sp³-hybridized carbons (Fsp3) is 0.235. The van der Waals surface area contributed by atoms with Crippen LogP contribution in [0, 0.1) is 6.92 Å². The zero-order valence-electron chi connectivity index (χ0n) is 11.8. The van der Waals surface area contributed by atoms with Crippen LogP contribution in [0.5, 0.6) is 0 Å². The minimum atomic E-state index is 0.556. The molecule has 0 spiro atoms. The molecule has 0 fully saturated rings. The van der Waals surface area contributed by atoms with Crippen molar-refractivity contribution < 1.29 is 4.52 Å². The van der Waals surface area contributed by atoms with Gasteiger partial charge >= 0.3 is 0 Å². The normalized spacial score (nSPS) is 13.4. The highest BCUT2D eigenvalue weighted by Crippen LogP contribution is 2.33. The largest absolute Gasteiger partial charge is 0.334 e. The van der Waals surface area contributed by atoms with E-state index in [0.717, 1.165) is 29.7 Å². The number of hydrogen-bond acceptors (Lipinski definition) is 4. The van der Waals surface area contributed by atoms with Gasteiger partial charge in [-0.2, -0.15) is 4.98 Å². The molecule has 1 aliphatic carbocycles. The van der Waals surface area contributed by atoms with Crippen molar-refractivity contribution in [2.75, 3.05) is 0 Å². The van der Waals surface area contributed by atoms with E-state index in [2.05, 4.69) is 15.1 Å². The molecule has 21 heavy (non-hydrogen) atoms. The smallest absolute Gasteiger partial charge is 0.258 e. The third-order valence-electron chi connectivity index (χ3n) is 4.01. The zero-order chi connectivity index (χ0) is 14.2. The van der Waals surface area contributed by atoms with Gasteiger partial charge in [-0.25, -0.2) is 0 Å². The Balaban J connectivity index is 1.83. The molecular formula is C17H15N3O. The summed E-state index contributed by atoms with van der Waals surface area (Å²) in [4.78, 5) is 9.06. The van der Waals surface area contributed by atoms with Crippen LogP contribution in [-0.4, -0.2) is 15.1 Å². The molecule has 2 heterocycles. The lowest BCUT2D eigenvalue weighted by molar-refractivity contribution is 0.432. The molecule has 0 saturated carbocycles. The Morgan fingerprint density at radius 1 is 1.10 bits per heavy atom. The van der Waals surface area contributed by atoms with Crippen LogP contribution >= 0.6 is 0 Å². The van der Waals surface area contributed by atoms with E-state index in [1.807, 2.05) is 43.5 Å². The van der Waals surface area contributed by atoms with E-state index in [4.69, 9.17) is 4.52 Å². The number of nitrogens with zero attached hydrogens (tertiary/aromatic N) is 3. The average Bonchev–Trinajstić information content (AvgIpc) is 3.17. The topological polar surface area (TPSA) is 51.8 Å². The van der Waals surface area contributed by atoms with Gasteiger partial charge in [-0.15, -0.1) is 0 Å². The molecule has 4 nitrogen and oxygen atoms in total. The maximum Gasteiger partial charge on any atom is 0.258 e. The van der Waals surface area contributed by atoms with Gasteiger partial charge in [0.05, 0.1) is 0 Å². The van der Waals surface area contributed by atoms with Crippen LogP contribution in [-0.2, 0) is 12.8 Å². The second-order valence-corrected chi connectivity index (χ2v) is 5.37. The molecule has 0 bridgehead atoms. The van der Waals surface area contributed by atoms with Crippen molar-refractivity contribution in [3.8, 4) is 22.8 Å².